The number of amides is 1. The summed E-state index contributed by atoms with van der Waals surface area (Å²) in [4.78, 5) is 30.6. The third-order valence-electron chi connectivity index (χ3n) is 3.67. The van der Waals surface area contributed by atoms with Crippen molar-refractivity contribution in [3.63, 3.8) is 0 Å². The van der Waals surface area contributed by atoms with Crippen LogP contribution in [0.4, 0.5) is 11.4 Å². The average molecular weight is 320 g/mol. The van der Waals surface area contributed by atoms with Crippen LogP contribution in [-0.4, -0.2) is 10.9 Å². The standard InChI is InChI=1S/C18H12N2O2S/c21-17-10-9-12(11-19-17)18(22)20-13-5-1-3-7-15(13)23-16-8-4-2-6-14(16)20/h1-11H,(H,19,21). The number of benzene rings is 2. The fraction of sp³-hybridized carbons (Fsp3) is 0. The van der Waals surface area contributed by atoms with Gasteiger partial charge in [-0.2, -0.15) is 0 Å². The molecule has 0 unspecified atom stereocenters. The molecule has 2 aromatic carbocycles. The van der Waals surface area contributed by atoms with Gasteiger partial charge in [0, 0.05) is 22.1 Å². The van der Waals surface area contributed by atoms with Gasteiger partial charge in [-0.25, -0.2) is 0 Å². The first-order chi connectivity index (χ1) is 11.2. The summed E-state index contributed by atoms with van der Waals surface area (Å²) < 4.78 is 0. The molecular weight excluding hydrogens is 308 g/mol. The molecule has 1 aromatic heterocycles. The Kier molecular flexibility index (Phi) is 3.28. The lowest BCUT2D eigenvalue weighted by Gasteiger charge is -2.31. The molecule has 0 atom stereocenters. The number of aromatic amines is 1. The average Bonchev–Trinajstić information content (AvgIpc) is 2.59. The Morgan fingerprint density at radius 3 is 2.04 bits per heavy atom. The van der Waals surface area contributed by atoms with Crippen LogP contribution in [0.2, 0.25) is 0 Å². The summed E-state index contributed by atoms with van der Waals surface area (Å²) in [6, 6.07) is 18.5. The molecule has 0 saturated carbocycles. The molecule has 0 spiro atoms. The van der Waals surface area contributed by atoms with Crippen LogP contribution < -0.4 is 10.5 Å². The highest BCUT2D eigenvalue weighted by atomic mass is 32.2. The Morgan fingerprint density at radius 2 is 1.48 bits per heavy atom. The number of rotatable bonds is 1. The fourth-order valence-corrected chi connectivity index (χ4v) is 3.65. The molecule has 23 heavy (non-hydrogen) atoms. The molecule has 4 rings (SSSR count). The molecule has 1 amide bonds. The van der Waals surface area contributed by atoms with Gasteiger partial charge in [0.15, 0.2) is 0 Å². The van der Waals surface area contributed by atoms with E-state index >= 15 is 0 Å². The Labute approximate surface area is 136 Å². The van der Waals surface area contributed by atoms with Crippen molar-refractivity contribution in [1.82, 2.24) is 4.98 Å². The third kappa shape index (κ3) is 2.35. The van der Waals surface area contributed by atoms with Crippen molar-refractivity contribution in [3.05, 3.63) is 82.8 Å². The summed E-state index contributed by atoms with van der Waals surface area (Å²) in [6.07, 6.45) is 1.46. The maximum Gasteiger partial charge on any atom is 0.264 e. The van der Waals surface area contributed by atoms with Crippen molar-refractivity contribution in [2.24, 2.45) is 0 Å². The minimum Gasteiger partial charge on any atom is -0.328 e. The minimum atomic E-state index is -0.225. The summed E-state index contributed by atoms with van der Waals surface area (Å²) in [5, 5.41) is 0. The Hall–Kier alpha value is -2.79. The van der Waals surface area contributed by atoms with Gasteiger partial charge in [0.05, 0.1) is 16.9 Å². The first-order valence-corrected chi connectivity index (χ1v) is 7.95. The molecule has 1 aliphatic heterocycles. The maximum atomic E-state index is 13.0. The third-order valence-corrected chi connectivity index (χ3v) is 4.80. The van der Waals surface area contributed by atoms with E-state index in [9.17, 15) is 9.59 Å². The van der Waals surface area contributed by atoms with Crippen molar-refractivity contribution in [1.29, 1.82) is 0 Å². The lowest BCUT2D eigenvalue weighted by molar-refractivity contribution is 0.0998. The second-order valence-corrected chi connectivity index (χ2v) is 6.20. The number of aromatic nitrogens is 1. The quantitative estimate of drug-likeness (QED) is 0.741. The monoisotopic (exact) mass is 320 g/mol. The summed E-state index contributed by atoms with van der Waals surface area (Å²) in [5.41, 5.74) is 1.93. The van der Waals surface area contributed by atoms with Crippen molar-refractivity contribution < 1.29 is 4.79 Å². The van der Waals surface area contributed by atoms with Crippen LogP contribution in [0.3, 0.4) is 0 Å². The largest absolute Gasteiger partial charge is 0.328 e. The van der Waals surface area contributed by atoms with Crippen LogP contribution in [0.5, 0.6) is 0 Å². The molecule has 0 bridgehead atoms. The number of anilines is 2. The zero-order chi connectivity index (χ0) is 15.8. The number of hydrogen-bond acceptors (Lipinski definition) is 3. The van der Waals surface area contributed by atoms with E-state index in [1.54, 1.807) is 22.7 Å². The molecule has 5 heteroatoms. The van der Waals surface area contributed by atoms with Crippen molar-refractivity contribution in [2.45, 2.75) is 9.79 Å². The van der Waals surface area contributed by atoms with Gasteiger partial charge in [0.2, 0.25) is 5.56 Å². The summed E-state index contributed by atoms with van der Waals surface area (Å²) in [5.74, 6) is -0.165. The zero-order valence-electron chi connectivity index (χ0n) is 12.0. The summed E-state index contributed by atoms with van der Waals surface area (Å²) >= 11 is 1.65. The Bertz CT molecular complexity index is 899. The lowest BCUT2D eigenvalue weighted by Crippen LogP contribution is -2.29. The van der Waals surface area contributed by atoms with Crippen LogP contribution in [0.1, 0.15) is 10.4 Å². The number of H-pyrrole nitrogens is 1. The summed E-state index contributed by atoms with van der Waals surface area (Å²) in [6.45, 7) is 0. The van der Waals surface area contributed by atoms with E-state index in [0.29, 0.717) is 5.56 Å². The van der Waals surface area contributed by atoms with Crippen molar-refractivity contribution in [3.8, 4) is 0 Å². The topological polar surface area (TPSA) is 53.2 Å². The number of carbonyl (C=O) groups is 1. The first kappa shape index (κ1) is 13.8. The van der Waals surface area contributed by atoms with Gasteiger partial charge in [0.1, 0.15) is 0 Å². The number of nitrogens with zero attached hydrogens (tertiary/aromatic N) is 1. The number of nitrogens with one attached hydrogen (secondary N) is 1. The zero-order valence-corrected chi connectivity index (χ0v) is 12.8. The SMILES string of the molecule is O=C(c1ccc(=O)[nH]c1)N1c2ccccc2Sc2ccccc21. The van der Waals surface area contributed by atoms with E-state index in [0.717, 1.165) is 21.2 Å². The van der Waals surface area contributed by atoms with Crippen LogP contribution in [-0.2, 0) is 0 Å². The minimum absolute atomic E-state index is 0.165. The van der Waals surface area contributed by atoms with E-state index in [4.69, 9.17) is 0 Å². The van der Waals surface area contributed by atoms with Gasteiger partial charge in [-0.3, -0.25) is 14.5 Å². The van der Waals surface area contributed by atoms with E-state index in [-0.39, 0.29) is 11.5 Å². The molecule has 1 aliphatic rings. The van der Waals surface area contributed by atoms with Gasteiger partial charge in [0.25, 0.3) is 5.91 Å². The fourth-order valence-electron chi connectivity index (χ4n) is 2.60. The van der Waals surface area contributed by atoms with E-state index in [2.05, 4.69) is 4.98 Å². The molecule has 4 nitrogen and oxygen atoms in total. The van der Waals surface area contributed by atoms with Gasteiger partial charge in [-0.05, 0) is 30.3 Å². The van der Waals surface area contributed by atoms with Gasteiger partial charge < -0.3 is 4.98 Å². The molecular formula is C18H12N2O2S. The highest BCUT2D eigenvalue weighted by molar-refractivity contribution is 7.99. The predicted octanol–water partition coefficient (Wildman–Crippen LogP) is 3.82. The van der Waals surface area contributed by atoms with Crippen LogP contribution in [0.15, 0.2) is 81.4 Å². The molecule has 1 N–H and O–H groups in total. The van der Waals surface area contributed by atoms with E-state index in [1.807, 2.05) is 48.5 Å². The van der Waals surface area contributed by atoms with Crippen LogP contribution in [0, 0.1) is 0 Å². The molecule has 0 aliphatic carbocycles. The predicted molar refractivity (Wildman–Crippen MR) is 90.5 cm³/mol. The molecule has 2 heterocycles. The molecule has 0 radical (unpaired) electrons. The maximum absolute atomic E-state index is 13.0. The molecule has 112 valence electrons. The molecule has 0 saturated heterocycles. The smallest absolute Gasteiger partial charge is 0.264 e. The number of hydrogen-bond donors (Lipinski definition) is 1. The lowest BCUT2D eigenvalue weighted by atomic mass is 10.1. The van der Waals surface area contributed by atoms with Gasteiger partial charge in [-0.15, -0.1) is 0 Å². The van der Waals surface area contributed by atoms with Crippen molar-refractivity contribution in [2.75, 3.05) is 4.90 Å². The number of pyridine rings is 1. The second kappa shape index (κ2) is 5.44. The Balaban J connectivity index is 1.89. The highest BCUT2D eigenvalue weighted by Gasteiger charge is 2.28. The molecule has 0 fully saturated rings. The van der Waals surface area contributed by atoms with Gasteiger partial charge in [-0.1, -0.05) is 36.0 Å². The summed E-state index contributed by atoms with van der Waals surface area (Å²) in [7, 11) is 0. The van der Waals surface area contributed by atoms with Gasteiger partial charge >= 0.3 is 0 Å². The van der Waals surface area contributed by atoms with E-state index < -0.39 is 0 Å². The molecule has 3 aromatic rings. The van der Waals surface area contributed by atoms with Crippen molar-refractivity contribution >= 4 is 29.0 Å². The second-order valence-electron chi connectivity index (χ2n) is 5.12. The number of carbonyl (C=O) groups excluding carboxylic acids is 1. The van der Waals surface area contributed by atoms with Crippen LogP contribution >= 0.6 is 11.8 Å². The number of fused-ring (bicyclic) bond motifs is 2. The highest BCUT2D eigenvalue weighted by Crippen LogP contribution is 2.48. The van der Waals surface area contributed by atoms with Crippen LogP contribution in [0.25, 0.3) is 0 Å². The normalized spacial score (nSPS) is 12.4. The Morgan fingerprint density at radius 1 is 0.870 bits per heavy atom. The first-order valence-electron chi connectivity index (χ1n) is 7.13. The number of para-hydroxylation sites is 2. The van der Waals surface area contributed by atoms with E-state index in [1.165, 1.54) is 12.3 Å².